The molecule has 0 saturated heterocycles. The van der Waals surface area contributed by atoms with Crippen molar-refractivity contribution in [2.75, 3.05) is 42.7 Å². The van der Waals surface area contributed by atoms with Crippen molar-refractivity contribution in [3.8, 4) is 34.5 Å². The van der Waals surface area contributed by atoms with E-state index in [-0.39, 0.29) is 5.41 Å². The van der Waals surface area contributed by atoms with E-state index in [4.69, 9.17) is 28.4 Å². The van der Waals surface area contributed by atoms with Gasteiger partial charge in [0.1, 0.15) is 34.5 Å². The van der Waals surface area contributed by atoms with Crippen LogP contribution in [0.2, 0.25) is 0 Å². The molecule has 52 heavy (non-hydrogen) atoms. The molecule has 0 radical (unpaired) electrons. The van der Waals surface area contributed by atoms with Crippen LogP contribution in [0, 0.1) is 17.3 Å². The Bertz CT molecular complexity index is 1420. The maximum Gasteiger partial charge on any atom is 0.122 e. The molecule has 3 aromatic carbocycles. The zero-order valence-corrected chi connectivity index (χ0v) is 35.3. The van der Waals surface area contributed by atoms with Gasteiger partial charge in [-0.15, -0.1) is 0 Å². The van der Waals surface area contributed by atoms with Crippen molar-refractivity contribution in [2.45, 2.75) is 126 Å². The van der Waals surface area contributed by atoms with E-state index in [0.717, 1.165) is 98.2 Å². The minimum atomic E-state index is 0.241. The predicted molar refractivity (Wildman–Crippen MR) is 219 cm³/mol. The average Bonchev–Trinajstić information content (AvgIpc) is 3.93. The lowest BCUT2D eigenvalue weighted by Crippen LogP contribution is -2.11. The van der Waals surface area contributed by atoms with Gasteiger partial charge < -0.3 is 28.4 Å². The molecule has 1 aliphatic carbocycles. The Hall–Kier alpha value is -3.54. The second-order valence-corrected chi connectivity index (χ2v) is 15.7. The molecule has 1 fully saturated rings. The van der Waals surface area contributed by atoms with Crippen LogP contribution in [0.1, 0.15) is 121 Å². The molecular weight excluding hydrogens is 649 g/mol. The minimum absolute atomic E-state index is 0.241. The standard InChI is InChI=1S/C16H26O2.C15H22O2.C15H24O2/c1-7-8-12-9-15(18-6)13(10-14(12)17-5)11-16(2,3)4;1-4-5-12-9-15(17-3)13(8-11-6-7-11)10-14(12)16-2;1-6-7-12-9-15(17-5)13(8-11(2)3)10-14(12)16-4/h9-10H,7-8,11H2,1-6H3;9-11H,4-8H2,1-3H3;9-11H,6-8H2,1-5H3. The number of ether oxygens (including phenoxy) is 6. The summed E-state index contributed by atoms with van der Waals surface area (Å²) in [5, 5.41) is 0. The second kappa shape index (κ2) is 22.5. The zero-order valence-electron chi connectivity index (χ0n) is 35.3. The Morgan fingerprint density at radius 3 is 1.13 bits per heavy atom. The summed E-state index contributed by atoms with van der Waals surface area (Å²) in [6.45, 7) is 17.7. The number of hydrogen-bond donors (Lipinski definition) is 0. The maximum atomic E-state index is 5.52. The summed E-state index contributed by atoms with van der Waals surface area (Å²) in [7, 11) is 10.5. The summed E-state index contributed by atoms with van der Waals surface area (Å²) in [6, 6.07) is 12.8. The first-order valence-corrected chi connectivity index (χ1v) is 19.5. The van der Waals surface area contributed by atoms with Gasteiger partial charge in [0, 0.05) is 0 Å². The highest BCUT2D eigenvalue weighted by atomic mass is 16.5. The third-order valence-electron chi connectivity index (χ3n) is 9.16. The molecule has 1 saturated carbocycles. The Morgan fingerprint density at radius 1 is 0.500 bits per heavy atom. The van der Waals surface area contributed by atoms with Crippen molar-refractivity contribution in [1.82, 2.24) is 0 Å². The molecule has 0 N–H and O–H groups in total. The fourth-order valence-corrected chi connectivity index (χ4v) is 6.57. The number of aryl methyl sites for hydroxylation is 3. The van der Waals surface area contributed by atoms with Gasteiger partial charge in [-0.05, 0) is 138 Å². The summed E-state index contributed by atoms with van der Waals surface area (Å²) in [5.41, 5.74) is 7.72. The monoisotopic (exact) mass is 721 g/mol. The highest BCUT2D eigenvalue weighted by Crippen LogP contribution is 2.38. The van der Waals surface area contributed by atoms with Crippen LogP contribution in [0.3, 0.4) is 0 Å². The Morgan fingerprint density at radius 2 is 0.808 bits per heavy atom. The van der Waals surface area contributed by atoms with Crippen LogP contribution in [0.25, 0.3) is 0 Å². The van der Waals surface area contributed by atoms with E-state index in [2.05, 4.69) is 91.8 Å². The highest BCUT2D eigenvalue weighted by Gasteiger charge is 2.24. The molecule has 0 spiro atoms. The van der Waals surface area contributed by atoms with Gasteiger partial charge in [0.2, 0.25) is 0 Å². The fourth-order valence-electron chi connectivity index (χ4n) is 6.57. The first-order valence-electron chi connectivity index (χ1n) is 19.5. The maximum absolute atomic E-state index is 5.52. The smallest absolute Gasteiger partial charge is 0.122 e. The van der Waals surface area contributed by atoms with Crippen LogP contribution in [0.5, 0.6) is 34.5 Å². The van der Waals surface area contributed by atoms with Crippen LogP contribution in [0.15, 0.2) is 36.4 Å². The third-order valence-corrected chi connectivity index (χ3v) is 9.16. The molecular formula is C46H72O6. The van der Waals surface area contributed by atoms with E-state index < -0.39 is 0 Å². The van der Waals surface area contributed by atoms with Gasteiger partial charge in [0.25, 0.3) is 0 Å². The first kappa shape index (κ1) is 44.6. The van der Waals surface area contributed by atoms with E-state index in [1.165, 1.54) is 46.2 Å². The molecule has 0 unspecified atom stereocenters. The first-order chi connectivity index (χ1) is 24.8. The molecule has 0 bridgehead atoms. The van der Waals surface area contributed by atoms with Gasteiger partial charge in [-0.2, -0.15) is 0 Å². The zero-order chi connectivity index (χ0) is 38.8. The van der Waals surface area contributed by atoms with Crippen LogP contribution in [-0.2, 0) is 38.5 Å². The number of methoxy groups -OCH3 is 6. The molecule has 3 aromatic rings. The molecule has 0 atom stereocenters. The fraction of sp³-hybridized carbons (Fsp3) is 0.609. The van der Waals surface area contributed by atoms with Crippen molar-refractivity contribution < 1.29 is 28.4 Å². The van der Waals surface area contributed by atoms with Crippen molar-refractivity contribution in [3.63, 3.8) is 0 Å². The molecule has 292 valence electrons. The van der Waals surface area contributed by atoms with E-state index in [9.17, 15) is 0 Å². The Labute approximate surface area is 317 Å². The van der Waals surface area contributed by atoms with Crippen molar-refractivity contribution >= 4 is 0 Å². The summed E-state index contributed by atoms with van der Waals surface area (Å²) in [4.78, 5) is 0. The lowest BCUT2D eigenvalue weighted by atomic mass is 9.87. The predicted octanol–water partition coefficient (Wildman–Crippen LogP) is 11.7. The summed E-state index contributed by atoms with van der Waals surface area (Å²) < 4.78 is 32.9. The lowest BCUT2D eigenvalue weighted by molar-refractivity contribution is 0.371. The summed E-state index contributed by atoms with van der Waals surface area (Å²) >= 11 is 0. The van der Waals surface area contributed by atoms with E-state index in [1.807, 2.05) is 0 Å². The van der Waals surface area contributed by atoms with Gasteiger partial charge in [-0.1, -0.05) is 74.7 Å². The molecule has 6 nitrogen and oxygen atoms in total. The van der Waals surface area contributed by atoms with E-state index in [0.29, 0.717) is 5.92 Å². The lowest BCUT2D eigenvalue weighted by Gasteiger charge is -2.21. The highest BCUT2D eigenvalue weighted by molar-refractivity contribution is 5.49. The summed E-state index contributed by atoms with van der Waals surface area (Å²) in [6.07, 6.45) is 12.3. The number of benzene rings is 3. The van der Waals surface area contributed by atoms with Crippen molar-refractivity contribution in [3.05, 3.63) is 69.8 Å². The Balaban J connectivity index is 0.000000270. The second-order valence-electron chi connectivity index (χ2n) is 15.7. The van der Waals surface area contributed by atoms with Crippen LogP contribution < -0.4 is 28.4 Å². The van der Waals surface area contributed by atoms with Gasteiger partial charge >= 0.3 is 0 Å². The topological polar surface area (TPSA) is 55.4 Å². The van der Waals surface area contributed by atoms with Crippen molar-refractivity contribution in [2.24, 2.45) is 17.3 Å². The van der Waals surface area contributed by atoms with Gasteiger partial charge in [-0.25, -0.2) is 0 Å². The van der Waals surface area contributed by atoms with E-state index >= 15 is 0 Å². The van der Waals surface area contributed by atoms with Crippen LogP contribution in [-0.4, -0.2) is 42.7 Å². The molecule has 0 aromatic heterocycles. The normalized spacial score (nSPS) is 12.3. The molecule has 1 aliphatic rings. The van der Waals surface area contributed by atoms with Gasteiger partial charge in [0.15, 0.2) is 0 Å². The van der Waals surface area contributed by atoms with Gasteiger partial charge in [0.05, 0.1) is 42.7 Å². The SMILES string of the molecule is CCCc1cc(OC)c(CC(C)(C)C)cc1OC.CCCc1cc(OC)c(CC(C)C)cc1OC.CCCc1cc(OC)c(CC2CC2)cc1OC. The number of rotatable bonds is 17. The van der Waals surface area contributed by atoms with Gasteiger partial charge in [-0.3, -0.25) is 0 Å². The Kier molecular flexibility index (Phi) is 19.3. The van der Waals surface area contributed by atoms with Crippen LogP contribution in [0.4, 0.5) is 0 Å². The molecule has 6 heteroatoms. The largest absolute Gasteiger partial charge is 0.496 e. The quantitative estimate of drug-likeness (QED) is 0.138. The number of hydrogen-bond acceptors (Lipinski definition) is 6. The molecule has 0 aliphatic heterocycles. The summed E-state index contributed by atoms with van der Waals surface area (Å²) in [5.74, 6) is 7.47. The minimum Gasteiger partial charge on any atom is -0.496 e. The molecule has 0 amide bonds. The third kappa shape index (κ3) is 14.5. The molecule has 0 heterocycles. The molecule has 4 rings (SSSR count). The van der Waals surface area contributed by atoms with E-state index in [1.54, 1.807) is 42.7 Å². The van der Waals surface area contributed by atoms with Crippen LogP contribution >= 0.6 is 0 Å². The van der Waals surface area contributed by atoms with Crippen molar-refractivity contribution in [1.29, 1.82) is 0 Å². The average molecular weight is 721 g/mol.